The molecule has 3 rings (SSSR count). The summed E-state index contributed by atoms with van der Waals surface area (Å²) >= 11 is 0. The van der Waals surface area contributed by atoms with E-state index in [0.717, 1.165) is 12.1 Å². The summed E-state index contributed by atoms with van der Waals surface area (Å²) in [4.78, 5) is 30.0. The number of rotatable bonds is 3. The lowest BCUT2D eigenvalue weighted by atomic mass is 10.3. The van der Waals surface area contributed by atoms with E-state index < -0.39 is 0 Å². The van der Waals surface area contributed by atoms with E-state index in [-0.39, 0.29) is 17.6 Å². The van der Waals surface area contributed by atoms with Crippen LogP contribution in [0, 0.1) is 6.92 Å². The molecule has 3 heterocycles. The smallest absolute Gasteiger partial charge is 0.272 e. The predicted molar refractivity (Wildman–Crippen MR) is 85.6 cm³/mol. The summed E-state index contributed by atoms with van der Waals surface area (Å²) in [6.45, 7) is 2.99. The van der Waals surface area contributed by atoms with Gasteiger partial charge < -0.3 is 14.2 Å². The third kappa shape index (κ3) is 3.26. The maximum Gasteiger partial charge on any atom is 0.272 e. The van der Waals surface area contributed by atoms with Gasteiger partial charge in [-0.25, -0.2) is 0 Å². The van der Waals surface area contributed by atoms with Crippen LogP contribution in [0.3, 0.4) is 0 Å². The van der Waals surface area contributed by atoms with Crippen LogP contribution in [0.25, 0.3) is 0 Å². The van der Waals surface area contributed by atoms with E-state index in [1.165, 1.54) is 6.07 Å². The molecule has 1 aliphatic heterocycles. The molecule has 0 bridgehead atoms. The van der Waals surface area contributed by atoms with Crippen LogP contribution in [0.5, 0.6) is 5.75 Å². The lowest BCUT2D eigenvalue weighted by Gasteiger charge is -2.17. The lowest BCUT2D eigenvalue weighted by molar-refractivity contribution is 0.0766. The number of carbonyl (C=O) groups excluding carboxylic acids is 1. The minimum Gasteiger partial charge on any atom is -0.488 e. The van der Waals surface area contributed by atoms with Crippen molar-refractivity contribution in [2.75, 3.05) is 13.1 Å². The molecule has 1 saturated heterocycles. The number of hydrogen-bond donors (Lipinski definition) is 0. The van der Waals surface area contributed by atoms with Crippen LogP contribution in [0.1, 0.15) is 22.6 Å². The van der Waals surface area contributed by atoms with Gasteiger partial charge in [0.15, 0.2) is 0 Å². The summed E-state index contributed by atoms with van der Waals surface area (Å²) < 4.78 is 7.45. The largest absolute Gasteiger partial charge is 0.488 e. The van der Waals surface area contributed by atoms with Crippen molar-refractivity contribution in [3.05, 3.63) is 58.3 Å². The number of ether oxygens (including phenoxy) is 1. The van der Waals surface area contributed by atoms with Gasteiger partial charge in [0.05, 0.1) is 6.54 Å². The molecule has 1 fully saturated rings. The highest BCUT2D eigenvalue weighted by Crippen LogP contribution is 2.19. The molecule has 1 aliphatic rings. The Bertz CT molecular complexity index is 770. The van der Waals surface area contributed by atoms with E-state index in [1.54, 1.807) is 40.9 Å². The first-order valence-corrected chi connectivity index (χ1v) is 7.59. The molecular formula is C17H19N3O3. The zero-order valence-corrected chi connectivity index (χ0v) is 13.2. The molecule has 2 aromatic rings. The third-order valence-electron chi connectivity index (χ3n) is 4.10. The third-order valence-corrected chi connectivity index (χ3v) is 4.10. The molecule has 1 unspecified atom stereocenters. The van der Waals surface area contributed by atoms with Gasteiger partial charge in [0.25, 0.3) is 11.5 Å². The molecule has 0 saturated carbocycles. The van der Waals surface area contributed by atoms with Gasteiger partial charge in [-0.05, 0) is 25.1 Å². The van der Waals surface area contributed by atoms with Crippen LogP contribution in [0.4, 0.5) is 0 Å². The zero-order chi connectivity index (χ0) is 16.4. The Hall–Kier alpha value is -2.63. The van der Waals surface area contributed by atoms with Gasteiger partial charge in [-0.1, -0.05) is 6.07 Å². The number of nitrogens with zero attached hydrogens (tertiary/aromatic N) is 3. The topological polar surface area (TPSA) is 64.4 Å². The highest BCUT2D eigenvalue weighted by atomic mass is 16.5. The Kier molecular flexibility index (Phi) is 4.14. The molecule has 0 aliphatic carbocycles. The van der Waals surface area contributed by atoms with Gasteiger partial charge in [-0.15, -0.1) is 0 Å². The fourth-order valence-electron chi connectivity index (χ4n) is 2.66. The van der Waals surface area contributed by atoms with E-state index in [9.17, 15) is 9.59 Å². The molecule has 0 N–H and O–H groups in total. The molecule has 6 nitrogen and oxygen atoms in total. The Balaban J connectivity index is 1.66. The van der Waals surface area contributed by atoms with Crippen molar-refractivity contribution in [1.82, 2.24) is 14.5 Å². The molecule has 1 atom stereocenters. The van der Waals surface area contributed by atoms with E-state index in [1.807, 2.05) is 13.0 Å². The molecule has 2 aromatic heterocycles. The fourth-order valence-corrected chi connectivity index (χ4v) is 2.66. The maximum absolute atomic E-state index is 12.4. The van der Waals surface area contributed by atoms with Crippen molar-refractivity contribution in [2.24, 2.45) is 7.05 Å². The van der Waals surface area contributed by atoms with E-state index in [0.29, 0.717) is 24.5 Å². The Morgan fingerprint density at radius 3 is 2.87 bits per heavy atom. The summed E-state index contributed by atoms with van der Waals surface area (Å²) in [6, 6.07) is 8.61. The minimum atomic E-state index is -0.103. The number of aryl methyl sites for hydroxylation is 1. The number of hydrogen-bond acceptors (Lipinski definition) is 4. The molecule has 1 amide bonds. The average Bonchev–Trinajstić information content (AvgIpc) is 3.01. The van der Waals surface area contributed by atoms with Gasteiger partial charge in [0, 0.05) is 38.0 Å². The molecule has 120 valence electrons. The first kappa shape index (κ1) is 15.3. The molecule has 0 spiro atoms. The first-order chi connectivity index (χ1) is 11.0. The second-order valence-electron chi connectivity index (χ2n) is 5.72. The van der Waals surface area contributed by atoms with Gasteiger partial charge in [0.2, 0.25) is 0 Å². The molecule has 6 heteroatoms. The zero-order valence-electron chi connectivity index (χ0n) is 13.2. The van der Waals surface area contributed by atoms with E-state index in [4.69, 9.17) is 4.74 Å². The lowest BCUT2D eigenvalue weighted by Crippen LogP contribution is -2.31. The number of carbonyl (C=O) groups is 1. The molecule has 0 radical (unpaired) electrons. The van der Waals surface area contributed by atoms with Crippen molar-refractivity contribution in [1.29, 1.82) is 0 Å². The number of pyridine rings is 2. The Labute approximate surface area is 134 Å². The summed E-state index contributed by atoms with van der Waals surface area (Å²) in [5.74, 6) is 0.472. The number of amides is 1. The van der Waals surface area contributed by atoms with Crippen LogP contribution in [-0.2, 0) is 7.05 Å². The first-order valence-electron chi connectivity index (χ1n) is 7.59. The van der Waals surface area contributed by atoms with Gasteiger partial charge in [-0.3, -0.25) is 14.6 Å². The van der Waals surface area contributed by atoms with Crippen LogP contribution < -0.4 is 10.3 Å². The number of aromatic nitrogens is 2. The second kappa shape index (κ2) is 6.24. The van der Waals surface area contributed by atoms with Crippen LogP contribution in [0.15, 0.2) is 41.3 Å². The van der Waals surface area contributed by atoms with Crippen LogP contribution >= 0.6 is 0 Å². The van der Waals surface area contributed by atoms with E-state index >= 15 is 0 Å². The second-order valence-corrected chi connectivity index (χ2v) is 5.72. The van der Waals surface area contributed by atoms with Crippen LogP contribution in [-0.4, -0.2) is 39.6 Å². The maximum atomic E-state index is 12.4. The quantitative estimate of drug-likeness (QED) is 0.859. The number of likely N-dealkylation sites (tertiary alicyclic amines) is 1. The summed E-state index contributed by atoms with van der Waals surface area (Å²) in [5, 5.41) is 0. The fraction of sp³-hybridized carbons (Fsp3) is 0.353. The highest BCUT2D eigenvalue weighted by Gasteiger charge is 2.28. The van der Waals surface area contributed by atoms with Gasteiger partial charge >= 0.3 is 0 Å². The van der Waals surface area contributed by atoms with E-state index in [2.05, 4.69) is 4.98 Å². The van der Waals surface area contributed by atoms with Crippen LogP contribution in [0.2, 0.25) is 0 Å². The summed E-state index contributed by atoms with van der Waals surface area (Å²) in [6.07, 6.45) is 2.25. The van der Waals surface area contributed by atoms with Gasteiger partial charge in [0.1, 0.15) is 17.5 Å². The average molecular weight is 313 g/mol. The standard InChI is InChI=1S/C17H19N3O3/c1-12-9-14(10-16(21)19(12)2)23-13-6-8-20(11-13)17(22)15-5-3-4-7-18-15/h3-5,7,9-10,13H,6,8,11H2,1-2H3. The molecule has 23 heavy (non-hydrogen) atoms. The monoisotopic (exact) mass is 313 g/mol. The Morgan fingerprint density at radius 2 is 2.17 bits per heavy atom. The SMILES string of the molecule is Cc1cc(OC2CCN(C(=O)c3ccccn3)C2)cc(=O)n1C. The Morgan fingerprint density at radius 1 is 1.35 bits per heavy atom. The minimum absolute atomic E-state index is 0.0862. The van der Waals surface area contributed by atoms with Crippen molar-refractivity contribution in [3.63, 3.8) is 0 Å². The van der Waals surface area contributed by atoms with Crippen molar-refractivity contribution in [2.45, 2.75) is 19.4 Å². The predicted octanol–water partition coefficient (Wildman–Crippen LogP) is 1.38. The highest BCUT2D eigenvalue weighted by molar-refractivity contribution is 5.92. The summed E-state index contributed by atoms with van der Waals surface area (Å²) in [7, 11) is 1.73. The van der Waals surface area contributed by atoms with Crippen molar-refractivity contribution in [3.8, 4) is 5.75 Å². The molecule has 0 aromatic carbocycles. The molecular weight excluding hydrogens is 294 g/mol. The van der Waals surface area contributed by atoms with Crippen molar-refractivity contribution < 1.29 is 9.53 Å². The van der Waals surface area contributed by atoms with Crippen molar-refractivity contribution >= 4 is 5.91 Å². The normalized spacial score (nSPS) is 17.3. The van der Waals surface area contributed by atoms with Gasteiger partial charge in [-0.2, -0.15) is 0 Å². The summed E-state index contributed by atoms with van der Waals surface area (Å²) in [5.41, 5.74) is 1.18.